The molecule has 1 rings (SSSR count). The van der Waals surface area contributed by atoms with Gasteiger partial charge >= 0.3 is 6.03 Å². The number of para-hydroxylation sites is 1. The Morgan fingerprint density at radius 3 is 2.56 bits per heavy atom. The largest absolute Gasteiger partial charge is 0.396 e. The molecule has 2 amide bonds. The van der Waals surface area contributed by atoms with Crippen molar-refractivity contribution in [3.8, 4) is 0 Å². The molecule has 0 aromatic heterocycles. The molecular formula is C14H22N2O2. The molecule has 0 radical (unpaired) electrons. The van der Waals surface area contributed by atoms with Crippen molar-refractivity contribution in [2.45, 2.75) is 33.2 Å². The molecule has 1 aromatic rings. The highest BCUT2D eigenvalue weighted by Gasteiger charge is 2.15. The van der Waals surface area contributed by atoms with Gasteiger partial charge in [-0.2, -0.15) is 0 Å². The summed E-state index contributed by atoms with van der Waals surface area (Å²) in [5, 5.41) is 14.7. The molecule has 0 aliphatic heterocycles. The number of hydrogen-bond donors (Lipinski definition) is 3. The molecule has 0 aliphatic rings. The van der Waals surface area contributed by atoms with Gasteiger partial charge in [0.15, 0.2) is 0 Å². The van der Waals surface area contributed by atoms with E-state index in [-0.39, 0.29) is 18.7 Å². The molecule has 0 saturated heterocycles. The van der Waals surface area contributed by atoms with E-state index in [4.69, 9.17) is 5.11 Å². The molecule has 0 aliphatic carbocycles. The van der Waals surface area contributed by atoms with Gasteiger partial charge in [-0.25, -0.2) is 4.79 Å². The quantitative estimate of drug-likeness (QED) is 0.752. The standard InChI is InChI=1S/C14H22N2O2/c1-10(2)12(8-9-17)15-14(18)16-13-7-5-4-6-11(13)3/h4-7,10,12,17H,8-9H2,1-3H3,(H2,15,16,18). The maximum absolute atomic E-state index is 11.9. The molecule has 1 atom stereocenters. The number of urea groups is 1. The van der Waals surface area contributed by atoms with Gasteiger partial charge in [0, 0.05) is 18.3 Å². The lowest BCUT2D eigenvalue weighted by molar-refractivity contribution is 0.227. The number of aliphatic hydroxyl groups excluding tert-OH is 1. The van der Waals surface area contributed by atoms with Gasteiger partial charge in [-0.3, -0.25) is 0 Å². The first-order valence-corrected chi connectivity index (χ1v) is 6.28. The van der Waals surface area contributed by atoms with Crippen LogP contribution >= 0.6 is 0 Å². The van der Waals surface area contributed by atoms with Gasteiger partial charge < -0.3 is 15.7 Å². The Morgan fingerprint density at radius 1 is 1.33 bits per heavy atom. The molecule has 1 unspecified atom stereocenters. The first-order chi connectivity index (χ1) is 8.54. The average molecular weight is 250 g/mol. The second kappa shape index (κ2) is 7.01. The smallest absolute Gasteiger partial charge is 0.319 e. The van der Waals surface area contributed by atoms with E-state index < -0.39 is 0 Å². The Balaban J connectivity index is 2.58. The third-order valence-corrected chi connectivity index (χ3v) is 2.95. The van der Waals surface area contributed by atoms with Crippen molar-refractivity contribution < 1.29 is 9.90 Å². The summed E-state index contributed by atoms with van der Waals surface area (Å²) in [5.74, 6) is 0.291. The monoisotopic (exact) mass is 250 g/mol. The van der Waals surface area contributed by atoms with Gasteiger partial charge in [0.25, 0.3) is 0 Å². The van der Waals surface area contributed by atoms with Crippen LogP contribution in [0.1, 0.15) is 25.8 Å². The lowest BCUT2D eigenvalue weighted by Crippen LogP contribution is -2.41. The molecular weight excluding hydrogens is 228 g/mol. The summed E-state index contributed by atoms with van der Waals surface area (Å²) in [6, 6.07) is 7.39. The topological polar surface area (TPSA) is 61.4 Å². The number of rotatable bonds is 5. The van der Waals surface area contributed by atoms with Crippen molar-refractivity contribution in [2.75, 3.05) is 11.9 Å². The van der Waals surface area contributed by atoms with E-state index >= 15 is 0 Å². The minimum absolute atomic E-state index is 0.0148. The molecule has 0 bridgehead atoms. The Morgan fingerprint density at radius 2 is 2.00 bits per heavy atom. The van der Waals surface area contributed by atoms with E-state index in [2.05, 4.69) is 10.6 Å². The van der Waals surface area contributed by atoms with Crippen molar-refractivity contribution in [1.29, 1.82) is 0 Å². The lowest BCUT2D eigenvalue weighted by Gasteiger charge is -2.22. The Labute approximate surface area is 108 Å². The Kier molecular flexibility index (Phi) is 5.65. The van der Waals surface area contributed by atoms with Gasteiger partial charge in [-0.1, -0.05) is 32.0 Å². The fraction of sp³-hybridized carbons (Fsp3) is 0.500. The molecule has 0 heterocycles. The maximum atomic E-state index is 11.9. The molecule has 4 nitrogen and oxygen atoms in total. The van der Waals surface area contributed by atoms with Crippen LogP contribution < -0.4 is 10.6 Å². The predicted octanol–water partition coefficient (Wildman–Crippen LogP) is 2.52. The summed E-state index contributed by atoms with van der Waals surface area (Å²) < 4.78 is 0. The van der Waals surface area contributed by atoms with Crippen molar-refractivity contribution in [3.63, 3.8) is 0 Å². The van der Waals surface area contributed by atoms with Crippen molar-refractivity contribution >= 4 is 11.7 Å². The van der Waals surface area contributed by atoms with Gasteiger partial charge in [0.1, 0.15) is 0 Å². The minimum atomic E-state index is -0.226. The number of hydrogen-bond acceptors (Lipinski definition) is 2. The zero-order chi connectivity index (χ0) is 13.5. The van der Waals surface area contributed by atoms with Crippen LogP contribution in [-0.2, 0) is 0 Å². The number of aryl methyl sites for hydroxylation is 1. The zero-order valence-corrected chi connectivity index (χ0v) is 11.2. The molecule has 4 heteroatoms. The third-order valence-electron chi connectivity index (χ3n) is 2.95. The average Bonchev–Trinajstić information content (AvgIpc) is 2.31. The predicted molar refractivity (Wildman–Crippen MR) is 73.7 cm³/mol. The summed E-state index contributed by atoms with van der Waals surface area (Å²) in [6.07, 6.45) is 0.568. The molecule has 18 heavy (non-hydrogen) atoms. The van der Waals surface area contributed by atoms with E-state index in [9.17, 15) is 4.79 Å². The van der Waals surface area contributed by atoms with Gasteiger partial charge in [0.05, 0.1) is 0 Å². The molecule has 100 valence electrons. The van der Waals surface area contributed by atoms with Crippen LogP contribution in [-0.4, -0.2) is 23.8 Å². The van der Waals surface area contributed by atoms with Crippen LogP contribution in [0.2, 0.25) is 0 Å². The number of aliphatic hydroxyl groups is 1. The van der Waals surface area contributed by atoms with Gasteiger partial charge in [-0.05, 0) is 30.9 Å². The Bertz CT molecular complexity index is 391. The molecule has 1 aromatic carbocycles. The minimum Gasteiger partial charge on any atom is -0.396 e. The Hall–Kier alpha value is -1.55. The van der Waals surface area contributed by atoms with Crippen molar-refractivity contribution in [3.05, 3.63) is 29.8 Å². The fourth-order valence-electron chi connectivity index (χ4n) is 1.75. The van der Waals surface area contributed by atoms with Gasteiger partial charge in [-0.15, -0.1) is 0 Å². The van der Waals surface area contributed by atoms with Crippen molar-refractivity contribution in [2.24, 2.45) is 5.92 Å². The summed E-state index contributed by atoms with van der Waals surface area (Å²) in [4.78, 5) is 11.9. The summed E-state index contributed by atoms with van der Waals surface area (Å²) in [7, 11) is 0. The highest BCUT2D eigenvalue weighted by atomic mass is 16.3. The van der Waals surface area contributed by atoms with E-state index in [0.717, 1.165) is 11.3 Å². The zero-order valence-electron chi connectivity index (χ0n) is 11.2. The molecule has 3 N–H and O–H groups in total. The summed E-state index contributed by atoms with van der Waals surface area (Å²) in [6.45, 7) is 6.07. The summed E-state index contributed by atoms with van der Waals surface area (Å²) >= 11 is 0. The van der Waals surface area contributed by atoms with Crippen LogP contribution in [0.15, 0.2) is 24.3 Å². The number of benzene rings is 1. The van der Waals surface area contributed by atoms with Gasteiger partial charge in [0.2, 0.25) is 0 Å². The van der Waals surface area contributed by atoms with Crippen LogP contribution in [0.25, 0.3) is 0 Å². The van der Waals surface area contributed by atoms with Crippen LogP contribution in [0.5, 0.6) is 0 Å². The fourth-order valence-corrected chi connectivity index (χ4v) is 1.75. The van der Waals surface area contributed by atoms with Crippen LogP contribution in [0.4, 0.5) is 10.5 Å². The van der Waals surface area contributed by atoms with Crippen LogP contribution in [0.3, 0.4) is 0 Å². The number of amides is 2. The van der Waals surface area contributed by atoms with E-state index in [1.54, 1.807) is 0 Å². The van der Waals surface area contributed by atoms with E-state index in [0.29, 0.717) is 12.3 Å². The number of nitrogens with one attached hydrogen (secondary N) is 2. The second-order valence-corrected chi connectivity index (χ2v) is 4.78. The lowest BCUT2D eigenvalue weighted by atomic mass is 10.0. The first kappa shape index (κ1) is 14.5. The third kappa shape index (κ3) is 4.37. The maximum Gasteiger partial charge on any atom is 0.319 e. The SMILES string of the molecule is Cc1ccccc1NC(=O)NC(CCO)C(C)C. The molecule has 0 fully saturated rings. The highest BCUT2D eigenvalue weighted by Crippen LogP contribution is 2.13. The molecule has 0 saturated carbocycles. The molecule has 0 spiro atoms. The van der Waals surface area contributed by atoms with E-state index in [1.165, 1.54) is 0 Å². The number of carbonyl (C=O) groups excluding carboxylic acids is 1. The number of anilines is 1. The van der Waals surface area contributed by atoms with E-state index in [1.807, 2.05) is 45.0 Å². The second-order valence-electron chi connectivity index (χ2n) is 4.78. The van der Waals surface area contributed by atoms with Crippen molar-refractivity contribution in [1.82, 2.24) is 5.32 Å². The van der Waals surface area contributed by atoms with Crippen LogP contribution in [0, 0.1) is 12.8 Å². The normalized spacial score (nSPS) is 12.3. The highest BCUT2D eigenvalue weighted by molar-refractivity contribution is 5.90. The first-order valence-electron chi connectivity index (χ1n) is 6.28. The summed E-state index contributed by atoms with van der Waals surface area (Å²) in [5.41, 5.74) is 1.83. The number of carbonyl (C=O) groups is 1.